The Morgan fingerprint density at radius 3 is 2.74 bits per heavy atom. The van der Waals surface area contributed by atoms with Crippen LogP contribution < -0.4 is 10.9 Å². The Hall–Kier alpha value is -3.56. The fraction of sp³-hybridized carbons (Fsp3) is 0.280. The van der Waals surface area contributed by atoms with Gasteiger partial charge < -0.3 is 15.0 Å². The van der Waals surface area contributed by atoms with Gasteiger partial charge in [0.05, 0.1) is 29.1 Å². The fourth-order valence-electron chi connectivity index (χ4n) is 4.50. The van der Waals surface area contributed by atoms with E-state index in [0.29, 0.717) is 29.2 Å². The lowest BCUT2D eigenvalue weighted by atomic mass is 10.0. The Bertz CT molecular complexity index is 1420. The highest BCUT2D eigenvalue weighted by Gasteiger charge is 2.24. The first-order chi connectivity index (χ1) is 16.9. The number of nitrogens with zero attached hydrogens (tertiary/aromatic N) is 5. The molecular weight excluding hydrogens is 471 g/mol. The van der Waals surface area contributed by atoms with E-state index < -0.39 is 11.9 Å². The first-order valence-electron chi connectivity index (χ1n) is 11.3. The van der Waals surface area contributed by atoms with Gasteiger partial charge in [0.15, 0.2) is 0 Å². The molecule has 3 heterocycles. The van der Waals surface area contributed by atoms with Crippen molar-refractivity contribution in [3.8, 4) is 11.3 Å². The lowest BCUT2D eigenvalue weighted by molar-refractivity contribution is 0.182. The predicted molar refractivity (Wildman–Crippen MR) is 131 cm³/mol. The summed E-state index contributed by atoms with van der Waals surface area (Å²) in [5, 5.41) is 17.3. The second-order valence-corrected chi connectivity index (χ2v) is 9.17. The molecule has 180 valence electrons. The number of hydrogen-bond acceptors (Lipinski definition) is 6. The summed E-state index contributed by atoms with van der Waals surface area (Å²) < 4.78 is 17.5. The molecule has 1 aliphatic rings. The Labute approximate surface area is 206 Å². The van der Waals surface area contributed by atoms with E-state index in [1.807, 2.05) is 0 Å². The lowest BCUT2D eigenvalue weighted by Crippen LogP contribution is -2.25. The van der Waals surface area contributed by atoms with Crippen LogP contribution in [0.1, 0.15) is 36.4 Å². The van der Waals surface area contributed by atoms with Crippen molar-refractivity contribution < 1.29 is 9.50 Å². The van der Waals surface area contributed by atoms with Crippen LogP contribution in [0.25, 0.3) is 11.3 Å². The first kappa shape index (κ1) is 23.2. The van der Waals surface area contributed by atoms with Crippen molar-refractivity contribution in [2.75, 3.05) is 5.32 Å². The van der Waals surface area contributed by atoms with Gasteiger partial charge in [-0.05, 0) is 49.1 Å². The Morgan fingerprint density at radius 2 is 2.06 bits per heavy atom. The monoisotopic (exact) mass is 494 g/mol. The van der Waals surface area contributed by atoms with E-state index in [1.54, 1.807) is 54.7 Å². The third-order valence-electron chi connectivity index (χ3n) is 6.22. The van der Waals surface area contributed by atoms with Crippen molar-refractivity contribution in [2.24, 2.45) is 7.05 Å². The van der Waals surface area contributed by atoms with Gasteiger partial charge in [0.2, 0.25) is 5.95 Å². The van der Waals surface area contributed by atoms with Gasteiger partial charge in [-0.1, -0.05) is 17.7 Å². The molecule has 35 heavy (non-hydrogen) atoms. The highest BCUT2D eigenvalue weighted by Crippen LogP contribution is 2.29. The van der Waals surface area contributed by atoms with E-state index in [4.69, 9.17) is 11.6 Å². The zero-order valence-corrected chi connectivity index (χ0v) is 19.7. The molecule has 1 aliphatic carbocycles. The SMILES string of the molecule is Cn1cc(C(c2ccc(Cl)c(F)c2)n2ccc(-c3ccnc(NC4CCC(O)C4)n3)cc2=O)cn1. The summed E-state index contributed by atoms with van der Waals surface area (Å²) in [6.07, 6.45) is 8.72. The van der Waals surface area contributed by atoms with Crippen LogP contribution in [-0.4, -0.2) is 41.6 Å². The van der Waals surface area contributed by atoms with E-state index in [-0.39, 0.29) is 22.7 Å². The lowest BCUT2D eigenvalue weighted by Gasteiger charge is -2.20. The Kier molecular flexibility index (Phi) is 6.36. The normalized spacial score (nSPS) is 18.5. The molecule has 3 atom stereocenters. The molecule has 4 aromatic rings. The minimum Gasteiger partial charge on any atom is -0.393 e. The summed E-state index contributed by atoms with van der Waals surface area (Å²) in [5.74, 6) is -0.103. The maximum Gasteiger partial charge on any atom is 0.252 e. The van der Waals surface area contributed by atoms with Crippen LogP contribution in [0.15, 0.2) is 66.0 Å². The van der Waals surface area contributed by atoms with Crippen molar-refractivity contribution in [2.45, 2.75) is 37.5 Å². The number of halogens is 2. The standard InChI is InChI=1S/C25H24ClFN6O2/c1-32-14-17(13-29-32)24(16-2-5-20(26)21(27)10-16)33-9-7-15(11-23(33)35)22-6-8-28-25(31-22)30-18-3-4-19(34)12-18/h2,5-11,13-14,18-19,24,34H,3-4,12H2,1H3,(H,28,30,31). The van der Waals surface area contributed by atoms with E-state index >= 15 is 0 Å². The third-order valence-corrected chi connectivity index (χ3v) is 6.52. The number of pyridine rings is 1. The van der Waals surface area contributed by atoms with Crippen molar-refractivity contribution in [1.82, 2.24) is 24.3 Å². The molecule has 5 rings (SSSR count). The van der Waals surface area contributed by atoms with Crippen LogP contribution in [0, 0.1) is 5.82 Å². The van der Waals surface area contributed by atoms with E-state index in [0.717, 1.165) is 18.4 Å². The molecule has 0 bridgehead atoms. The van der Waals surface area contributed by atoms with Gasteiger partial charge in [-0.3, -0.25) is 9.48 Å². The number of aromatic nitrogens is 5. The van der Waals surface area contributed by atoms with Gasteiger partial charge in [-0.15, -0.1) is 0 Å². The van der Waals surface area contributed by atoms with Crippen molar-refractivity contribution in [1.29, 1.82) is 0 Å². The number of aliphatic hydroxyl groups is 1. The molecule has 3 unspecified atom stereocenters. The summed E-state index contributed by atoms with van der Waals surface area (Å²) in [5.41, 5.74) is 2.26. The van der Waals surface area contributed by atoms with Crippen LogP contribution in [0.3, 0.4) is 0 Å². The largest absolute Gasteiger partial charge is 0.393 e. The number of anilines is 1. The average Bonchev–Trinajstić information content (AvgIpc) is 3.45. The van der Waals surface area contributed by atoms with Gasteiger partial charge in [-0.25, -0.2) is 14.4 Å². The second kappa shape index (κ2) is 9.59. The van der Waals surface area contributed by atoms with Gasteiger partial charge in [0, 0.05) is 48.9 Å². The number of aryl methyl sites for hydroxylation is 1. The second-order valence-electron chi connectivity index (χ2n) is 8.76. The molecular formula is C25H24ClFN6O2. The van der Waals surface area contributed by atoms with Gasteiger partial charge in [0.25, 0.3) is 5.56 Å². The molecule has 8 nitrogen and oxygen atoms in total. The van der Waals surface area contributed by atoms with E-state index in [9.17, 15) is 14.3 Å². The molecule has 1 aromatic carbocycles. The molecule has 0 radical (unpaired) electrons. The number of aliphatic hydroxyl groups excluding tert-OH is 1. The molecule has 1 fully saturated rings. The Morgan fingerprint density at radius 1 is 1.20 bits per heavy atom. The van der Waals surface area contributed by atoms with Crippen molar-refractivity contribution >= 4 is 17.5 Å². The molecule has 0 saturated heterocycles. The maximum absolute atomic E-state index is 14.3. The van der Waals surface area contributed by atoms with Crippen LogP contribution in [-0.2, 0) is 7.05 Å². The van der Waals surface area contributed by atoms with Crippen molar-refractivity contribution in [3.05, 3.63) is 93.5 Å². The first-order valence-corrected chi connectivity index (χ1v) is 11.7. The molecule has 3 aromatic heterocycles. The summed E-state index contributed by atoms with van der Waals surface area (Å²) >= 11 is 5.89. The predicted octanol–water partition coefficient (Wildman–Crippen LogP) is 3.79. The Balaban J connectivity index is 1.49. The molecule has 10 heteroatoms. The third kappa shape index (κ3) is 4.96. The molecule has 0 aliphatic heterocycles. The maximum atomic E-state index is 14.3. The molecule has 2 N–H and O–H groups in total. The highest BCUT2D eigenvalue weighted by atomic mass is 35.5. The summed E-state index contributed by atoms with van der Waals surface area (Å²) in [7, 11) is 1.78. The smallest absolute Gasteiger partial charge is 0.252 e. The number of benzene rings is 1. The van der Waals surface area contributed by atoms with E-state index in [1.165, 1.54) is 22.8 Å². The summed E-state index contributed by atoms with van der Waals surface area (Å²) in [6, 6.07) is 9.08. The molecule has 0 spiro atoms. The minimum absolute atomic E-state index is 0.0154. The van der Waals surface area contributed by atoms with Gasteiger partial charge in [0.1, 0.15) is 5.82 Å². The van der Waals surface area contributed by atoms with Crippen molar-refractivity contribution in [3.63, 3.8) is 0 Å². The van der Waals surface area contributed by atoms with E-state index in [2.05, 4.69) is 20.4 Å². The van der Waals surface area contributed by atoms with Crippen LogP contribution >= 0.6 is 11.6 Å². The quantitative estimate of drug-likeness (QED) is 0.423. The molecule has 1 saturated carbocycles. The highest BCUT2D eigenvalue weighted by molar-refractivity contribution is 6.30. The number of rotatable bonds is 6. The summed E-state index contributed by atoms with van der Waals surface area (Å²) in [6.45, 7) is 0. The number of hydrogen-bond donors (Lipinski definition) is 2. The molecule has 0 amide bonds. The fourth-order valence-corrected chi connectivity index (χ4v) is 4.62. The average molecular weight is 495 g/mol. The summed E-state index contributed by atoms with van der Waals surface area (Å²) in [4.78, 5) is 22.1. The van der Waals surface area contributed by atoms with Gasteiger partial charge in [-0.2, -0.15) is 5.10 Å². The topological polar surface area (TPSA) is 97.9 Å². The zero-order valence-electron chi connectivity index (χ0n) is 19.0. The minimum atomic E-state index is -0.589. The zero-order chi connectivity index (χ0) is 24.5. The number of nitrogens with one attached hydrogen (secondary N) is 1. The van der Waals surface area contributed by atoms with Crippen LogP contribution in [0.5, 0.6) is 0 Å². The van der Waals surface area contributed by atoms with Crippen LogP contribution in [0.4, 0.5) is 10.3 Å². The van der Waals surface area contributed by atoms with Crippen LogP contribution in [0.2, 0.25) is 5.02 Å². The van der Waals surface area contributed by atoms with Gasteiger partial charge >= 0.3 is 0 Å².